The minimum Gasteiger partial charge on any atom is -0.280 e. The van der Waals surface area contributed by atoms with Crippen LogP contribution in [0.15, 0.2) is 30.3 Å². The molecule has 0 aliphatic heterocycles. The van der Waals surface area contributed by atoms with Gasteiger partial charge in [0.15, 0.2) is 5.65 Å². The summed E-state index contributed by atoms with van der Waals surface area (Å²) in [6.45, 7) is 1.93. The van der Waals surface area contributed by atoms with Crippen molar-refractivity contribution in [3.8, 4) is 5.69 Å². The van der Waals surface area contributed by atoms with E-state index < -0.39 is 0 Å². The maximum Gasteiger partial charge on any atom is 0.164 e. The highest BCUT2D eigenvalue weighted by atomic mass is 35.5. The number of benzene rings is 1. The van der Waals surface area contributed by atoms with Crippen molar-refractivity contribution >= 4 is 46.0 Å². The Kier molecular flexibility index (Phi) is 3.59. The minimum absolute atomic E-state index is 0.277. The van der Waals surface area contributed by atoms with Gasteiger partial charge in [-0.1, -0.05) is 23.2 Å². The highest BCUT2D eigenvalue weighted by Crippen LogP contribution is 2.26. The molecule has 0 spiro atoms. The molecular formula is C14H10Cl3N3. The van der Waals surface area contributed by atoms with E-state index in [2.05, 4.69) is 9.97 Å². The number of fused-ring (bicyclic) bond motifs is 1. The van der Waals surface area contributed by atoms with Gasteiger partial charge in [0.05, 0.1) is 11.6 Å². The van der Waals surface area contributed by atoms with Crippen molar-refractivity contribution in [1.29, 1.82) is 0 Å². The zero-order valence-electron chi connectivity index (χ0n) is 10.6. The fourth-order valence-electron chi connectivity index (χ4n) is 2.13. The highest BCUT2D eigenvalue weighted by Gasteiger charge is 2.14. The summed E-state index contributed by atoms with van der Waals surface area (Å²) in [5, 5.41) is 1.12. The van der Waals surface area contributed by atoms with E-state index in [0.717, 1.165) is 22.5 Å². The number of hydrogen-bond acceptors (Lipinski definition) is 2. The second-order valence-corrected chi connectivity index (χ2v) is 5.56. The molecule has 102 valence electrons. The number of aromatic nitrogens is 3. The fraction of sp³-hybridized carbons (Fsp3) is 0.143. The van der Waals surface area contributed by atoms with Crippen molar-refractivity contribution in [2.24, 2.45) is 0 Å². The molecule has 1 aromatic carbocycles. The zero-order valence-corrected chi connectivity index (χ0v) is 12.8. The van der Waals surface area contributed by atoms with Gasteiger partial charge in [0, 0.05) is 15.7 Å². The summed E-state index contributed by atoms with van der Waals surface area (Å²) < 4.78 is 1.88. The number of alkyl halides is 1. The lowest BCUT2D eigenvalue weighted by Gasteiger charge is -2.08. The second kappa shape index (κ2) is 5.24. The minimum atomic E-state index is 0.277. The van der Waals surface area contributed by atoms with Crippen LogP contribution < -0.4 is 0 Å². The van der Waals surface area contributed by atoms with Gasteiger partial charge in [0.2, 0.25) is 0 Å². The van der Waals surface area contributed by atoms with E-state index >= 15 is 0 Å². The Morgan fingerprint density at radius 1 is 1.05 bits per heavy atom. The molecule has 0 aliphatic carbocycles. The Labute approximate surface area is 131 Å². The first-order chi connectivity index (χ1) is 9.58. The Balaban J connectivity index is 2.35. The fourth-order valence-corrected chi connectivity index (χ4v) is 2.82. The molecule has 3 aromatic rings. The van der Waals surface area contributed by atoms with Crippen molar-refractivity contribution in [3.05, 3.63) is 51.9 Å². The van der Waals surface area contributed by atoms with E-state index in [1.807, 2.05) is 35.8 Å². The molecule has 0 radical (unpaired) electrons. The van der Waals surface area contributed by atoms with Crippen LogP contribution in [0.4, 0.5) is 0 Å². The first-order valence-corrected chi connectivity index (χ1v) is 7.25. The highest BCUT2D eigenvalue weighted by molar-refractivity contribution is 6.34. The van der Waals surface area contributed by atoms with Gasteiger partial charge in [-0.25, -0.2) is 9.97 Å². The Hall–Kier alpha value is -1.29. The molecule has 0 bridgehead atoms. The van der Waals surface area contributed by atoms with E-state index in [1.54, 1.807) is 6.07 Å². The zero-order chi connectivity index (χ0) is 14.3. The first-order valence-electron chi connectivity index (χ1n) is 5.96. The van der Waals surface area contributed by atoms with Crippen molar-refractivity contribution in [3.63, 3.8) is 0 Å². The van der Waals surface area contributed by atoms with Crippen LogP contribution in [0.25, 0.3) is 16.9 Å². The van der Waals surface area contributed by atoms with E-state index in [4.69, 9.17) is 34.8 Å². The third-order valence-corrected chi connectivity index (χ3v) is 3.61. The van der Waals surface area contributed by atoms with Gasteiger partial charge in [-0.2, -0.15) is 0 Å². The molecular weight excluding hydrogens is 317 g/mol. The van der Waals surface area contributed by atoms with E-state index in [9.17, 15) is 0 Å². The lowest BCUT2D eigenvalue weighted by Crippen LogP contribution is -2.00. The number of halogens is 3. The maximum absolute atomic E-state index is 6.07. The van der Waals surface area contributed by atoms with Gasteiger partial charge in [0.25, 0.3) is 0 Å². The molecule has 0 saturated heterocycles. The lowest BCUT2D eigenvalue weighted by molar-refractivity contribution is 0.966. The standard InChI is InChI=1S/C14H10Cl3N3/c1-8-2-3-12-14(18-8)20(13(7-15)19-12)11-5-9(16)4-10(17)6-11/h2-6H,7H2,1H3. The topological polar surface area (TPSA) is 30.7 Å². The molecule has 0 unspecified atom stereocenters. The summed E-state index contributed by atoms with van der Waals surface area (Å²) in [6, 6.07) is 9.16. The molecule has 0 saturated carbocycles. The van der Waals surface area contributed by atoms with E-state index in [-0.39, 0.29) is 5.88 Å². The van der Waals surface area contributed by atoms with Crippen LogP contribution in [0.1, 0.15) is 11.5 Å². The Morgan fingerprint density at radius 3 is 2.40 bits per heavy atom. The molecule has 0 amide bonds. The molecule has 0 aliphatic rings. The van der Waals surface area contributed by atoms with E-state index in [1.165, 1.54) is 0 Å². The number of rotatable bonds is 2. The summed E-state index contributed by atoms with van der Waals surface area (Å²) >= 11 is 18.1. The van der Waals surface area contributed by atoms with Gasteiger partial charge in [0.1, 0.15) is 11.3 Å². The van der Waals surface area contributed by atoms with Crippen molar-refractivity contribution < 1.29 is 0 Å². The second-order valence-electron chi connectivity index (χ2n) is 4.42. The van der Waals surface area contributed by atoms with Gasteiger partial charge < -0.3 is 0 Å². The third kappa shape index (κ3) is 2.37. The molecule has 2 aromatic heterocycles. The third-order valence-electron chi connectivity index (χ3n) is 2.94. The Morgan fingerprint density at radius 2 is 1.75 bits per heavy atom. The number of hydrogen-bond donors (Lipinski definition) is 0. The Bertz CT molecular complexity index is 775. The van der Waals surface area contributed by atoms with Crippen molar-refractivity contribution in [2.75, 3.05) is 0 Å². The van der Waals surface area contributed by atoms with Gasteiger partial charge in [-0.05, 0) is 37.3 Å². The molecule has 0 atom stereocenters. The average molecular weight is 327 g/mol. The molecule has 6 heteroatoms. The summed E-state index contributed by atoms with van der Waals surface area (Å²) in [6.07, 6.45) is 0. The van der Waals surface area contributed by atoms with Crippen LogP contribution in [0, 0.1) is 6.92 Å². The SMILES string of the molecule is Cc1ccc2nc(CCl)n(-c3cc(Cl)cc(Cl)c3)c2n1. The van der Waals surface area contributed by atoms with Gasteiger partial charge in [-0.3, -0.25) is 4.57 Å². The number of aryl methyl sites for hydroxylation is 1. The first kappa shape index (κ1) is 13.7. The quantitative estimate of drug-likeness (QED) is 0.635. The van der Waals surface area contributed by atoms with Gasteiger partial charge in [-0.15, -0.1) is 11.6 Å². The van der Waals surface area contributed by atoms with Crippen LogP contribution in [-0.4, -0.2) is 14.5 Å². The van der Waals surface area contributed by atoms with Crippen molar-refractivity contribution in [1.82, 2.24) is 14.5 Å². The number of nitrogens with zero attached hydrogens (tertiary/aromatic N) is 3. The van der Waals surface area contributed by atoms with Crippen LogP contribution in [0.3, 0.4) is 0 Å². The smallest absolute Gasteiger partial charge is 0.164 e. The molecule has 2 heterocycles. The number of imidazole rings is 1. The predicted molar refractivity (Wildman–Crippen MR) is 83.2 cm³/mol. The van der Waals surface area contributed by atoms with Gasteiger partial charge >= 0.3 is 0 Å². The van der Waals surface area contributed by atoms with Crippen LogP contribution in [-0.2, 0) is 5.88 Å². The summed E-state index contributed by atoms with van der Waals surface area (Å²) in [5.41, 5.74) is 3.26. The largest absolute Gasteiger partial charge is 0.280 e. The van der Waals surface area contributed by atoms with E-state index in [0.29, 0.717) is 15.9 Å². The average Bonchev–Trinajstić information content (AvgIpc) is 2.75. The molecule has 3 nitrogen and oxygen atoms in total. The maximum atomic E-state index is 6.07. The van der Waals surface area contributed by atoms with Crippen molar-refractivity contribution in [2.45, 2.75) is 12.8 Å². The normalized spacial score (nSPS) is 11.2. The molecule has 20 heavy (non-hydrogen) atoms. The molecule has 3 rings (SSSR count). The predicted octanol–water partition coefficient (Wildman–Crippen LogP) is 4.77. The molecule has 0 fully saturated rings. The van der Waals surface area contributed by atoms with Crippen LogP contribution in [0.5, 0.6) is 0 Å². The summed E-state index contributed by atoms with van der Waals surface area (Å²) in [5.74, 6) is 0.984. The van der Waals surface area contributed by atoms with Crippen LogP contribution >= 0.6 is 34.8 Å². The number of pyridine rings is 1. The lowest BCUT2D eigenvalue weighted by atomic mass is 10.3. The summed E-state index contributed by atoms with van der Waals surface area (Å²) in [7, 11) is 0. The monoisotopic (exact) mass is 325 g/mol. The summed E-state index contributed by atoms with van der Waals surface area (Å²) in [4.78, 5) is 9.03. The van der Waals surface area contributed by atoms with Crippen LogP contribution in [0.2, 0.25) is 10.0 Å². The molecule has 0 N–H and O–H groups in total.